The van der Waals surface area contributed by atoms with E-state index in [1.807, 2.05) is 24.3 Å². The number of halogens is 1. The summed E-state index contributed by atoms with van der Waals surface area (Å²) in [7, 11) is 1.74. The minimum absolute atomic E-state index is 0.00148. The standard InChI is InChI=1S/C18H19ClN2O3/c1-20-10-17(23)21-5-6-24-18-14(11-21)7-13(9-16(18)22)12-3-2-4-15(19)8-12/h2-4,7-9,20,22H,5-6,10-11H2,1H3. The zero-order valence-corrected chi connectivity index (χ0v) is 14.1. The van der Waals surface area contributed by atoms with Crippen molar-refractivity contribution in [2.75, 3.05) is 26.7 Å². The van der Waals surface area contributed by atoms with Gasteiger partial charge in [0.05, 0.1) is 13.1 Å². The number of hydrogen-bond acceptors (Lipinski definition) is 4. The first kappa shape index (κ1) is 16.6. The van der Waals surface area contributed by atoms with Crippen LogP contribution >= 0.6 is 11.6 Å². The van der Waals surface area contributed by atoms with Crippen molar-refractivity contribution in [3.63, 3.8) is 0 Å². The largest absolute Gasteiger partial charge is 0.504 e. The van der Waals surface area contributed by atoms with E-state index in [9.17, 15) is 9.90 Å². The molecule has 0 spiro atoms. The molecule has 0 bridgehead atoms. The Morgan fingerprint density at radius 3 is 2.92 bits per heavy atom. The summed E-state index contributed by atoms with van der Waals surface area (Å²) in [6.07, 6.45) is 0. The number of rotatable bonds is 3. The van der Waals surface area contributed by atoms with Gasteiger partial charge in [0.2, 0.25) is 5.91 Å². The minimum Gasteiger partial charge on any atom is -0.504 e. The first-order chi connectivity index (χ1) is 11.6. The highest BCUT2D eigenvalue weighted by Crippen LogP contribution is 2.38. The maximum atomic E-state index is 12.2. The third kappa shape index (κ3) is 3.47. The molecule has 0 aliphatic carbocycles. The van der Waals surface area contributed by atoms with Gasteiger partial charge in [0, 0.05) is 17.1 Å². The molecule has 1 heterocycles. The molecule has 1 amide bonds. The summed E-state index contributed by atoms with van der Waals surface area (Å²) in [5.41, 5.74) is 2.52. The number of benzene rings is 2. The summed E-state index contributed by atoms with van der Waals surface area (Å²) in [5, 5.41) is 13.8. The second-order valence-electron chi connectivity index (χ2n) is 5.69. The Balaban J connectivity index is 1.98. The number of ether oxygens (including phenoxy) is 1. The molecule has 1 aliphatic heterocycles. The molecule has 5 nitrogen and oxygen atoms in total. The Hall–Kier alpha value is -2.24. The maximum absolute atomic E-state index is 12.2. The number of likely N-dealkylation sites (N-methyl/N-ethyl adjacent to an activating group) is 1. The molecule has 0 fully saturated rings. The van der Waals surface area contributed by atoms with Gasteiger partial charge in [-0.3, -0.25) is 4.79 Å². The highest BCUT2D eigenvalue weighted by atomic mass is 35.5. The molecule has 0 radical (unpaired) electrons. The predicted octanol–water partition coefficient (Wildman–Crippen LogP) is 2.65. The minimum atomic E-state index is 0.00148. The number of phenolic OH excluding ortho intramolecular Hbond substituents is 1. The third-order valence-corrected chi connectivity index (χ3v) is 4.19. The van der Waals surface area contributed by atoms with Gasteiger partial charge in [-0.2, -0.15) is 0 Å². The van der Waals surface area contributed by atoms with Crippen molar-refractivity contribution in [2.24, 2.45) is 0 Å². The maximum Gasteiger partial charge on any atom is 0.236 e. The quantitative estimate of drug-likeness (QED) is 0.897. The van der Waals surface area contributed by atoms with Crippen LogP contribution in [0.25, 0.3) is 11.1 Å². The average molecular weight is 347 g/mol. The zero-order chi connectivity index (χ0) is 17.1. The highest BCUT2D eigenvalue weighted by Gasteiger charge is 2.22. The van der Waals surface area contributed by atoms with E-state index in [2.05, 4.69) is 5.32 Å². The van der Waals surface area contributed by atoms with E-state index in [1.165, 1.54) is 0 Å². The molecule has 24 heavy (non-hydrogen) atoms. The van der Waals surface area contributed by atoms with Gasteiger partial charge in [-0.1, -0.05) is 23.7 Å². The van der Waals surface area contributed by atoms with Crippen molar-refractivity contribution in [1.82, 2.24) is 10.2 Å². The van der Waals surface area contributed by atoms with Crippen LogP contribution in [-0.2, 0) is 11.3 Å². The van der Waals surface area contributed by atoms with Crippen LogP contribution in [0, 0.1) is 0 Å². The van der Waals surface area contributed by atoms with E-state index < -0.39 is 0 Å². The molecule has 2 aromatic rings. The van der Waals surface area contributed by atoms with Crippen LogP contribution in [0.1, 0.15) is 5.56 Å². The van der Waals surface area contributed by atoms with Crippen molar-refractivity contribution in [3.8, 4) is 22.6 Å². The van der Waals surface area contributed by atoms with E-state index >= 15 is 0 Å². The lowest BCUT2D eigenvalue weighted by Crippen LogP contribution is -2.37. The molecule has 2 aromatic carbocycles. The molecule has 0 saturated heterocycles. The van der Waals surface area contributed by atoms with Crippen LogP contribution in [0.15, 0.2) is 36.4 Å². The van der Waals surface area contributed by atoms with Gasteiger partial charge in [0.1, 0.15) is 6.61 Å². The summed E-state index contributed by atoms with van der Waals surface area (Å²) >= 11 is 6.06. The van der Waals surface area contributed by atoms with Gasteiger partial charge in [0.15, 0.2) is 11.5 Å². The predicted molar refractivity (Wildman–Crippen MR) is 93.4 cm³/mol. The molecular weight excluding hydrogens is 328 g/mol. The van der Waals surface area contributed by atoms with Gasteiger partial charge in [-0.15, -0.1) is 0 Å². The van der Waals surface area contributed by atoms with E-state index in [4.69, 9.17) is 16.3 Å². The Kier molecular flexibility index (Phi) is 4.92. The number of carbonyl (C=O) groups excluding carboxylic acids is 1. The molecule has 0 aromatic heterocycles. The Morgan fingerprint density at radius 1 is 1.33 bits per heavy atom. The van der Waals surface area contributed by atoms with Crippen molar-refractivity contribution in [2.45, 2.75) is 6.54 Å². The first-order valence-corrected chi connectivity index (χ1v) is 8.13. The molecule has 1 aliphatic rings. The molecule has 0 unspecified atom stereocenters. The van der Waals surface area contributed by atoms with E-state index in [0.29, 0.717) is 30.5 Å². The summed E-state index contributed by atoms with van der Waals surface area (Å²) in [6, 6.07) is 11.0. The Bertz CT molecular complexity index is 764. The van der Waals surface area contributed by atoms with Gasteiger partial charge >= 0.3 is 0 Å². The van der Waals surface area contributed by atoms with Crippen LogP contribution in [-0.4, -0.2) is 42.7 Å². The second kappa shape index (κ2) is 7.11. The van der Waals surface area contributed by atoms with Gasteiger partial charge in [-0.05, 0) is 42.4 Å². The number of nitrogens with zero attached hydrogens (tertiary/aromatic N) is 1. The van der Waals surface area contributed by atoms with Gasteiger partial charge in [0.25, 0.3) is 0 Å². The van der Waals surface area contributed by atoms with Crippen molar-refractivity contribution < 1.29 is 14.6 Å². The van der Waals surface area contributed by atoms with Crippen molar-refractivity contribution in [1.29, 1.82) is 0 Å². The van der Waals surface area contributed by atoms with Crippen LogP contribution in [0.5, 0.6) is 11.5 Å². The van der Waals surface area contributed by atoms with E-state index in [-0.39, 0.29) is 18.2 Å². The molecule has 3 rings (SSSR count). The zero-order valence-electron chi connectivity index (χ0n) is 13.4. The molecule has 6 heteroatoms. The van der Waals surface area contributed by atoms with Crippen LogP contribution in [0.4, 0.5) is 0 Å². The highest BCUT2D eigenvalue weighted by molar-refractivity contribution is 6.30. The summed E-state index contributed by atoms with van der Waals surface area (Å²) in [4.78, 5) is 13.9. The lowest BCUT2D eigenvalue weighted by molar-refractivity contribution is -0.130. The van der Waals surface area contributed by atoms with Crippen LogP contribution < -0.4 is 10.1 Å². The molecule has 0 atom stereocenters. The van der Waals surface area contributed by atoms with Gasteiger partial charge in [-0.25, -0.2) is 0 Å². The van der Waals surface area contributed by atoms with Crippen LogP contribution in [0.2, 0.25) is 5.02 Å². The normalized spacial score (nSPS) is 13.8. The topological polar surface area (TPSA) is 61.8 Å². The smallest absolute Gasteiger partial charge is 0.236 e. The van der Waals surface area contributed by atoms with E-state index in [1.54, 1.807) is 24.1 Å². The molecular formula is C18H19ClN2O3. The SMILES string of the molecule is CNCC(=O)N1CCOc2c(O)cc(-c3cccc(Cl)c3)cc2C1. The van der Waals surface area contributed by atoms with Crippen molar-refractivity contribution >= 4 is 17.5 Å². The van der Waals surface area contributed by atoms with Crippen LogP contribution in [0.3, 0.4) is 0 Å². The summed E-state index contributed by atoms with van der Waals surface area (Å²) in [5.74, 6) is 0.521. The molecule has 126 valence electrons. The van der Waals surface area contributed by atoms with Crippen molar-refractivity contribution in [3.05, 3.63) is 47.0 Å². The summed E-state index contributed by atoms with van der Waals surface area (Å²) in [6.45, 7) is 1.51. The fraction of sp³-hybridized carbons (Fsp3) is 0.278. The van der Waals surface area contributed by atoms with E-state index in [0.717, 1.165) is 16.7 Å². The number of hydrogen-bond donors (Lipinski definition) is 2. The lowest BCUT2D eigenvalue weighted by Gasteiger charge is -2.20. The van der Waals surface area contributed by atoms with Gasteiger partial charge < -0.3 is 20.1 Å². The molecule has 0 saturated carbocycles. The molecule has 2 N–H and O–H groups in total. The number of fused-ring (bicyclic) bond motifs is 1. The monoisotopic (exact) mass is 346 g/mol. The summed E-state index contributed by atoms with van der Waals surface area (Å²) < 4.78 is 5.66. The fourth-order valence-electron chi connectivity index (χ4n) is 2.81. The number of nitrogens with one attached hydrogen (secondary N) is 1. The Labute approximate surface area is 145 Å². The second-order valence-corrected chi connectivity index (χ2v) is 6.12. The number of carbonyl (C=O) groups is 1. The average Bonchev–Trinajstić information content (AvgIpc) is 2.78. The Morgan fingerprint density at radius 2 is 2.17 bits per heavy atom. The lowest BCUT2D eigenvalue weighted by atomic mass is 10.0. The number of aromatic hydroxyl groups is 1. The fourth-order valence-corrected chi connectivity index (χ4v) is 3.00. The first-order valence-electron chi connectivity index (χ1n) is 7.75. The number of amides is 1. The third-order valence-electron chi connectivity index (χ3n) is 3.95. The number of phenols is 1.